The summed E-state index contributed by atoms with van der Waals surface area (Å²) in [6, 6.07) is 16.9. The monoisotopic (exact) mass is 389 g/mol. The maximum atomic E-state index is 11.9. The Kier molecular flexibility index (Phi) is 4.99. The Morgan fingerprint density at radius 1 is 1.13 bits per heavy atom. The Labute approximate surface area is 145 Å². The highest BCUT2D eigenvalue weighted by Crippen LogP contribution is 2.20. The van der Waals surface area contributed by atoms with Gasteiger partial charge in [-0.15, -0.1) is 0 Å². The molecule has 0 saturated carbocycles. The Morgan fingerprint density at radius 2 is 1.87 bits per heavy atom. The van der Waals surface area contributed by atoms with Gasteiger partial charge in [-0.3, -0.25) is 10.1 Å². The van der Waals surface area contributed by atoms with Crippen LogP contribution in [-0.4, -0.2) is 21.9 Å². The standard InChI is InChI=1S/C16H12BrN3O2S/c17-12-6-8-13(9-7-12)22-10-14(21)18-16-19-15(20-23-16)11-4-2-1-3-5-11/h1-9H,10H2,(H,18,19,20,21). The SMILES string of the molecule is O=C(COc1ccc(Br)cc1)Nc1nc(-c2ccccc2)ns1. The summed E-state index contributed by atoms with van der Waals surface area (Å²) in [6.45, 7) is -0.0815. The van der Waals surface area contributed by atoms with Crippen LogP contribution in [0, 0.1) is 0 Å². The van der Waals surface area contributed by atoms with E-state index in [0.717, 1.165) is 21.6 Å². The van der Waals surface area contributed by atoms with Gasteiger partial charge in [0.1, 0.15) is 5.75 Å². The Bertz CT molecular complexity index is 791. The summed E-state index contributed by atoms with van der Waals surface area (Å²) in [5.41, 5.74) is 0.912. The minimum absolute atomic E-state index is 0.0815. The van der Waals surface area contributed by atoms with E-state index in [2.05, 4.69) is 30.6 Å². The van der Waals surface area contributed by atoms with Gasteiger partial charge in [0.05, 0.1) is 0 Å². The van der Waals surface area contributed by atoms with Crippen LogP contribution in [0.25, 0.3) is 11.4 Å². The fourth-order valence-corrected chi connectivity index (χ4v) is 2.68. The van der Waals surface area contributed by atoms with Crippen LogP contribution in [0.2, 0.25) is 0 Å². The molecule has 1 amide bonds. The van der Waals surface area contributed by atoms with Gasteiger partial charge in [-0.05, 0) is 24.3 Å². The summed E-state index contributed by atoms with van der Waals surface area (Å²) in [7, 11) is 0. The Hall–Kier alpha value is -2.25. The number of benzene rings is 2. The maximum absolute atomic E-state index is 11.9. The van der Waals surface area contributed by atoms with E-state index in [1.807, 2.05) is 42.5 Å². The van der Waals surface area contributed by atoms with Crippen molar-refractivity contribution in [3.8, 4) is 17.1 Å². The average molecular weight is 390 g/mol. The maximum Gasteiger partial charge on any atom is 0.264 e. The van der Waals surface area contributed by atoms with Crippen molar-refractivity contribution in [2.75, 3.05) is 11.9 Å². The minimum Gasteiger partial charge on any atom is -0.484 e. The molecule has 23 heavy (non-hydrogen) atoms. The number of carbonyl (C=O) groups excluding carboxylic acids is 1. The van der Waals surface area contributed by atoms with E-state index in [0.29, 0.717) is 16.7 Å². The van der Waals surface area contributed by atoms with Crippen molar-refractivity contribution < 1.29 is 9.53 Å². The molecule has 0 aliphatic heterocycles. The second-order valence-electron chi connectivity index (χ2n) is 4.58. The van der Waals surface area contributed by atoms with Gasteiger partial charge >= 0.3 is 0 Å². The van der Waals surface area contributed by atoms with Gasteiger partial charge < -0.3 is 4.74 Å². The van der Waals surface area contributed by atoms with Gasteiger partial charge in [-0.2, -0.15) is 9.36 Å². The van der Waals surface area contributed by atoms with Crippen LogP contribution in [0.1, 0.15) is 0 Å². The molecule has 3 rings (SSSR count). The molecule has 0 radical (unpaired) electrons. The summed E-state index contributed by atoms with van der Waals surface area (Å²) in [6.07, 6.45) is 0. The number of carbonyl (C=O) groups is 1. The second kappa shape index (κ2) is 7.34. The third kappa shape index (κ3) is 4.37. The third-order valence-electron chi connectivity index (χ3n) is 2.89. The van der Waals surface area contributed by atoms with Crippen molar-refractivity contribution in [1.82, 2.24) is 9.36 Å². The van der Waals surface area contributed by atoms with E-state index in [4.69, 9.17) is 4.74 Å². The van der Waals surface area contributed by atoms with Crippen LogP contribution in [-0.2, 0) is 4.79 Å². The van der Waals surface area contributed by atoms with Gasteiger partial charge in [0.25, 0.3) is 5.91 Å². The van der Waals surface area contributed by atoms with Gasteiger partial charge in [0.15, 0.2) is 12.4 Å². The number of hydrogen-bond donors (Lipinski definition) is 1. The number of amides is 1. The van der Waals surface area contributed by atoms with E-state index < -0.39 is 0 Å². The number of hydrogen-bond acceptors (Lipinski definition) is 5. The lowest BCUT2D eigenvalue weighted by Gasteiger charge is -2.05. The highest BCUT2D eigenvalue weighted by Gasteiger charge is 2.10. The lowest BCUT2D eigenvalue weighted by Crippen LogP contribution is -2.20. The summed E-state index contributed by atoms with van der Waals surface area (Å²) in [5.74, 6) is 0.953. The summed E-state index contributed by atoms with van der Waals surface area (Å²) in [4.78, 5) is 16.2. The first-order valence-corrected chi connectivity index (χ1v) is 8.35. The molecule has 0 spiro atoms. The first kappa shape index (κ1) is 15.6. The number of anilines is 1. The number of aromatic nitrogens is 2. The predicted molar refractivity (Wildman–Crippen MR) is 93.6 cm³/mol. The molecule has 5 nitrogen and oxygen atoms in total. The molecule has 0 aliphatic carbocycles. The first-order chi connectivity index (χ1) is 11.2. The zero-order valence-electron chi connectivity index (χ0n) is 11.9. The van der Waals surface area contributed by atoms with Crippen molar-refractivity contribution in [3.05, 3.63) is 59.1 Å². The minimum atomic E-state index is -0.274. The fraction of sp³-hybridized carbons (Fsp3) is 0.0625. The van der Waals surface area contributed by atoms with Gasteiger partial charge in [0, 0.05) is 21.6 Å². The number of ether oxygens (including phenoxy) is 1. The highest BCUT2D eigenvalue weighted by atomic mass is 79.9. The second-order valence-corrected chi connectivity index (χ2v) is 6.25. The molecule has 2 aromatic carbocycles. The summed E-state index contributed by atoms with van der Waals surface area (Å²) < 4.78 is 10.6. The van der Waals surface area contributed by atoms with Crippen molar-refractivity contribution in [2.24, 2.45) is 0 Å². The van der Waals surface area contributed by atoms with Crippen molar-refractivity contribution >= 4 is 38.5 Å². The molecule has 0 bridgehead atoms. The number of halogens is 1. The van der Waals surface area contributed by atoms with Crippen molar-refractivity contribution in [3.63, 3.8) is 0 Å². The fourth-order valence-electron chi connectivity index (χ4n) is 1.81. The zero-order valence-corrected chi connectivity index (χ0v) is 14.3. The molecule has 0 fully saturated rings. The van der Waals surface area contributed by atoms with E-state index >= 15 is 0 Å². The summed E-state index contributed by atoms with van der Waals surface area (Å²) in [5, 5.41) is 3.14. The van der Waals surface area contributed by atoms with E-state index in [1.54, 1.807) is 12.1 Å². The van der Waals surface area contributed by atoms with Gasteiger partial charge in [-0.1, -0.05) is 46.3 Å². The van der Waals surface area contributed by atoms with Crippen LogP contribution in [0.4, 0.5) is 5.13 Å². The summed E-state index contributed by atoms with van der Waals surface area (Å²) >= 11 is 4.48. The van der Waals surface area contributed by atoms with Crippen LogP contribution in [0.5, 0.6) is 5.75 Å². The molecule has 1 aromatic heterocycles. The zero-order chi connectivity index (χ0) is 16.1. The molecule has 7 heteroatoms. The molecule has 116 valence electrons. The number of nitrogens with zero attached hydrogens (tertiary/aromatic N) is 2. The van der Waals surface area contributed by atoms with Crippen LogP contribution in [0.15, 0.2) is 59.1 Å². The molecule has 0 aliphatic rings. The van der Waals surface area contributed by atoms with Gasteiger partial charge in [-0.25, -0.2) is 0 Å². The third-order valence-corrected chi connectivity index (χ3v) is 4.05. The topological polar surface area (TPSA) is 64.1 Å². The molecule has 0 atom stereocenters. The first-order valence-electron chi connectivity index (χ1n) is 6.78. The quantitative estimate of drug-likeness (QED) is 0.716. The molecule has 0 unspecified atom stereocenters. The molecule has 3 aromatic rings. The Balaban J connectivity index is 1.56. The molecule has 1 N–H and O–H groups in total. The molecular formula is C16H12BrN3O2S. The van der Waals surface area contributed by atoms with Gasteiger partial charge in [0.2, 0.25) is 5.13 Å². The number of nitrogens with one attached hydrogen (secondary N) is 1. The van der Waals surface area contributed by atoms with Crippen LogP contribution in [0.3, 0.4) is 0 Å². The highest BCUT2D eigenvalue weighted by molar-refractivity contribution is 9.10. The smallest absolute Gasteiger partial charge is 0.264 e. The lowest BCUT2D eigenvalue weighted by atomic mass is 10.2. The van der Waals surface area contributed by atoms with E-state index in [-0.39, 0.29) is 12.5 Å². The normalized spacial score (nSPS) is 10.3. The van der Waals surface area contributed by atoms with E-state index in [9.17, 15) is 4.79 Å². The van der Waals surface area contributed by atoms with E-state index in [1.165, 1.54) is 0 Å². The van der Waals surface area contributed by atoms with Crippen LogP contribution < -0.4 is 10.1 Å². The van der Waals surface area contributed by atoms with Crippen LogP contribution >= 0.6 is 27.5 Å². The molecule has 1 heterocycles. The average Bonchev–Trinajstić information content (AvgIpc) is 3.04. The van der Waals surface area contributed by atoms with Crippen molar-refractivity contribution in [1.29, 1.82) is 0 Å². The molecule has 0 saturated heterocycles. The predicted octanol–water partition coefficient (Wildman–Crippen LogP) is 3.99. The number of rotatable bonds is 5. The van der Waals surface area contributed by atoms with Crippen molar-refractivity contribution in [2.45, 2.75) is 0 Å². The molecular weight excluding hydrogens is 378 g/mol. The Morgan fingerprint density at radius 3 is 2.61 bits per heavy atom. The lowest BCUT2D eigenvalue weighted by molar-refractivity contribution is -0.118. The largest absolute Gasteiger partial charge is 0.484 e.